The molecule has 0 aromatic carbocycles. The van der Waals surface area contributed by atoms with Gasteiger partial charge in [-0.3, -0.25) is 14.4 Å². The third-order valence-corrected chi connectivity index (χ3v) is 10.7. The number of hydrogen-bond donors (Lipinski definition) is 0. The van der Waals surface area contributed by atoms with Gasteiger partial charge in [0.1, 0.15) is 13.2 Å². The zero-order valence-electron chi connectivity index (χ0n) is 39.9. The van der Waals surface area contributed by atoms with Crippen molar-refractivity contribution in [2.24, 2.45) is 0 Å². The first-order valence-electron chi connectivity index (χ1n) is 25.4. The molecule has 0 fully saturated rings. The lowest BCUT2D eigenvalue weighted by molar-refractivity contribution is -0.167. The molecule has 0 radical (unpaired) electrons. The third-order valence-electron chi connectivity index (χ3n) is 10.7. The zero-order valence-corrected chi connectivity index (χ0v) is 39.9. The van der Waals surface area contributed by atoms with Crippen molar-refractivity contribution in [3.8, 4) is 0 Å². The van der Waals surface area contributed by atoms with Gasteiger partial charge in [-0.2, -0.15) is 0 Å². The first-order chi connectivity index (χ1) is 30.0. The Morgan fingerprint density at radius 1 is 0.344 bits per heavy atom. The van der Waals surface area contributed by atoms with Crippen LogP contribution in [-0.2, 0) is 28.6 Å². The smallest absolute Gasteiger partial charge is 0.306 e. The summed E-state index contributed by atoms with van der Waals surface area (Å²) in [6.45, 7) is 6.45. The second-order valence-corrected chi connectivity index (χ2v) is 16.7. The van der Waals surface area contributed by atoms with Crippen LogP contribution in [-0.4, -0.2) is 37.2 Å². The molecule has 61 heavy (non-hydrogen) atoms. The summed E-state index contributed by atoms with van der Waals surface area (Å²) in [5.41, 5.74) is 0. The van der Waals surface area contributed by atoms with Crippen molar-refractivity contribution in [3.63, 3.8) is 0 Å². The first kappa shape index (κ1) is 57.9. The van der Waals surface area contributed by atoms with Crippen LogP contribution in [0.2, 0.25) is 0 Å². The van der Waals surface area contributed by atoms with E-state index in [4.69, 9.17) is 14.2 Å². The molecule has 1 unspecified atom stereocenters. The van der Waals surface area contributed by atoms with Crippen molar-refractivity contribution in [3.05, 3.63) is 72.9 Å². The summed E-state index contributed by atoms with van der Waals surface area (Å²) in [5.74, 6) is -0.920. The monoisotopic (exact) mass is 851 g/mol. The van der Waals surface area contributed by atoms with Gasteiger partial charge in [0, 0.05) is 19.3 Å². The molecule has 1 atom stereocenters. The van der Waals surface area contributed by atoms with E-state index in [0.717, 1.165) is 109 Å². The van der Waals surface area contributed by atoms with Crippen LogP contribution in [0.1, 0.15) is 239 Å². The van der Waals surface area contributed by atoms with Crippen molar-refractivity contribution in [2.75, 3.05) is 13.2 Å². The molecule has 0 amide bonds. The van der Waals surface area contributed by atoms with Gasteiger partial charge in [0.15, 0.2) is 6.10 Å². The average molecular weight is 851 g/mol. The second kappa shape index (κ2) is 49.5. The molecule has 0 aromatic rings. The van der Waals surface area contributed by atoms with E-state index in [2.05, 4.69) is 93.7 Å². The molecule has 0 aromatic heterocycles. The molecule has 0 aliphatic rings. The van der Waals surface area contributed by atoms with E-state index in [9.17, 15) is 14.4 Å². The van der Waals surface area contributed by atoms with Crippen LogP contribution in [0, 0.1) is 0 Å². The molecule has 0 bridgehead atoms. The standard InChI is InChI=1S/C55H94O6/c1-4-7-10-13-16-19-21-23-25-27-29-31-33-36-39-42-45-48-54(57)60-51-52(50-59-53(56)47-44-41-38-35-18-15-12-9-6-3)61-55(58)49-46-43-40-37-34-32-30-28-26-24-22-20-17-14-11-8-5-2/h7,10,16-17,19-20,23-26,29,31,52H,4-6,8-9,11-15,18,21-22,27-28,30,32-51H2,1-3H3/b10-7-,19-16-,20-17-,25-23-,26-24-,31-29-. The number of carbonyl (C=O) groups excluding carboxylic acids is 3. The minimum atomic E-state index is -0.787. The molecule has 0 saturated carbocycles. The Balaban J connectivity index is 4.39. The topological polar surface area (TPSA) is 78.9 Å². The highest BCUT2D eigenvalue weighted by Gasteiger charge is 2.19. The third kappa shape index (κ3) is 47.7. The quantitative estimate of drug-likeness (QED) is 0.0263. The van der Waals surface area contributed by atoms with Crippen LogP contribution in [0.3, 0.4) is 0 Å². The van der Waals surface area contributed by atoms with Gasteiger partial charge in [-0.15, -0.1) is 0 Å². The van der Waals surface area contributed by atoms with Gasteiger partial charge >= 0.3 is 17.9 Å². The van der Waals surface area contributed by atoms with Crippen LogP contribution in [0.5, 0.6) is 0 Å². The van der Waals surface area contributed by atoms with E-state index in [1.807, 2.05) is 0 Å². The molecule has 0 aliphatic heterocycles. The molecule has 6 nitrogen and oxygen atoms in total. The van der Waals surface area contributed by atoms with Gasteiger partial charge < -0.3 is 14.2 Å². The first-order valence-corrected chi connectivity index (χ1v) is 25.4. The van der Waals surface area contributed by atoms with E-state index < -0.39 is 6.10 Å². The lowest BCUT2D eigenvalue weighted by atomic mass is 10.1. The molecule has 0 N–H and O–H groups in total. The molecule has 0 aliphatic carbocycles. The van der Waals surface area contributed by atoms with Gasteiger partial charge in [0.05, 0.1) is 0 Å². The molecule has 0 spiro atoms. The summed E-state index contributed by atoms with van der Waals surface area (Å²) in [5, 5.41) is 0. The van der Waals surface area contributed by atoms with E-state index in [1.165, 1.54) is 89.9 Å². The number of carbonyl (C=O) groups is 3. The van der Waals surface area contributed by atoms with Gasteiger partial charge in [-0.25, -0.2) is 0 Å². The van der Waals surface area contributed by atoms with Gasteiger partial charge in [0.2, 0.25) is 0 Å². The maximum atomic E-state index is 12.8. The summed E-state index contributed by atoms with van der Waals surface area (Å²) in [7, 11) is 0. The Bertz CT molecular complexity index is 1160. The average Bonchev–Trinajstić information content (AvgIpc) is 3.26. The lowest BCUT2D eigenvalue weighted by Gasteiger charge is -2.18. The second-order valence-electron chi connectivity index (χ2n) is 16.7. The molecular weight excluding hydrogens is 757 g/mol. The fraction of sp³-hybridized carbons (Fsp3) is 0.727. The number of ether oxygens (including phenoxy) is 3. The summed E-state index contributed by atoms with van der Waals surface area (Å²) < 4.78 is 16.7. The van der Waals surface area contributed by atoms with Crippen molar-refractivity contribution in [1.82, 2.24) is 0 Å². The van der Waals surface area contributed by atoms with Gasteiger partial charge in [-0.05, 0) is 89.9 Å². The van der Waals surface area contributed by atoms with Crippen LogP contribution >= 0.6 is 0 Å². The minimum absolute atomic E-state index is 0.0858. The lowest BCUT2D eigenvalue weighted by Crippen LogP contribution is -2.30. The van der Waals surface area contributed by atoms with Crippen molar-refractivity contribution in [1.29, 1.82) is 0 Å². The number of unbranched alkanes of at least 4 members (excludes halogenated alkanes) is 22. The highest BCUT2D eigenvalue weighted by Crippen LogP contribution is 2.14. The van der Waals surface area contributed by atoms with E-state index in [-0.39, 0.29) is 31.1 Å². The Kier molecular flexibility index (Phi) is 46.9. The van der Waals surface area contributed by atoms with Crippen molar-refractivity contribution < 1.29 is 28.6 Å². The number of rotatable bonds is 45. The van der Waals surface area contributed by atoms with E-state index in [0.29, 0.717) is 19.3 Å². The van der Waals surface area contributed by atoms with Crippen LogP contribution in [0.4, 0.5) is 0 Å². The Morgan fingerprint density at radius 2 is 0.639 bits per heavy atom. The van der Waals surface area contributed by atoms with Crippen molar-refractivity contribution in [2.45, 2.75) is 245 Å². The van der Waals surface area contributed by atoms with Gasteiger partial charge in [-0.1, -0.05) is 203 Å². The van der Waals surface area contributed by atoms with E-state index >= 15 is 0 Å². The predicted octanol–water partition coefficient (Wildman–Crippen LogP) is 16.6. The number of allylic oxidation sites excluding steroid dienone is 12. The normalized spacial score (nSPS) is 12.6. The minimum Gasteiger partial charge on any atom is -0.462 e. The number of hydrogen-bond acceptors (Lipinski definition) is 6. The summed E-state index contributed by atoms with van der Waals surface area (Å²) in [6, 6.07) is 0. The van der Waals surface area contributed by atoms with Gasteiger partial charge in [0.25, 0.3) is 0 Å². The maximum Gasteiger partial charge on any atom is 0.306 e. The molecule has 6 heteroatoms. The van der Waals surface area contributed by atoms with Crippen molar-refractivity contribution >= 4 is 17.9 Å². The largest absolute Gasteiger partial charge is 0.462 e. The van der Waals surface area contributed by atoms with Crippen LogP contribution in [0.25, 0.3) is 0 Å². The van der Waals surface area contributed by atoms with E-state index in [1.54, 1.807) is 0 Å². The molecule has 0 heterocycles. The Labute approximate surface area is 376 Å². The molecule has 0 rings (SSSR count). The van der Waals surface area contributed by atoms with Crippen LogP contribution < -0.4 is 0 Å². The maximum absolute atomic E-state index is 12.8. The Morgan fingerprint density at radius 3 is 1.03 bits per heavy atom. The highest BCUT2D eigenvalue weighted by molar-refractivity contribution is 5.71. The summed E-state index contributed by atoms with van der Waals surface area (Å²) >= 11 is 0. The summed E-state index contributed by atoms with van der Waals surface area (Å²) in [4.78, 5) is 37.9. The highest BCUT2D eigenvalue weighted by atomic mass is 16.6. The Hall–Kier alpha value is -3.15. The molecular formula is C55H94O6. The molecule has 0 saturated heterocycles. The fourth-order valence-electron chi connectivity index (χ4n) is 6.87. The summed E-state index contributed by atoms with van der Waals surface area (Å²) in [6.07, 6.45) is 61.7. The van der Waals surface area contributed by atoms with Crippen LogP contribution in [0.15, 0.2) is 72.9 Å². The number of esters is 3. The SMILES string of the molecule is CC/C=C\C/C=C\C/C=C\C/C=C\CCCCCCC(=O)OCC(COC(=O)CCCCCCCCCCC)OC(=O)CCCCCCCCC/C=C\C/C=C\CCCCC. The molecule has 350 valence electrons. The zero-order chi connectivity index (χ0) is 44.4. The predicted molar refractivity (Wildman–Crippen MR) is 261 cm³/mol. The fourth-order valence-corrected chi connectivity index (χ4v) is 6.87.